The van der Waals surface area contributed by atoms with Crippen LogP contribution in [-0.2, 0) is 0 Å². The lowest BCUT2D eigenvalue weighted by Crippen LogP contribution is -2.23. The first-order valence-corrected chi connectivity index (χ1v) is 7.79. The number of nitrogens with one attached hydrogen (secondary N) is 1. The van der Waals surface area contributed by atoms with Crippen molar-refractivity contribution < 1.29 is 9.59 Å². The molecule has 0 aliphatic heterocycles. The molecular weight excluding hydrogens is 288 g/mol. The summed E-state index contributed by atoms with van der Waals surface area (Å²) < 4.78 is 0. The number of hydrogen-bond donors (Lipinski definition) is 1. The summed E-state index contributed by atoms with van der Waals surface area (Å²) in [5, 5.41) is 3.31. The molecule has 3 rings (SSSR count). The minimum Gasteiger partial charge on any atom is -0.384 e. The van der Waals surface area contributed by atoms with Crippen molar-refractivity contribution in [3.8, 4) is 0 Å². The highest BCUT2D eigenvalue weighted by Crippen LogP contribution is 2.31. The zero-order valence-corrected chi connectivity index (χ0v) is 13.4. The van der Waals surface area contributed by atoms with Crippen molar-refractivity contribution >= 4 is 17.3 Å². The number of ketones is 2. The third-order valence-electron chi connectivity index (χ3n) is 4.05. The summed E-state index contributed by atoms with van der Waals surface area (Å²) in [6, 6.07) is 12.5. The molecular formula is C19H20N2O2. The van der Waals surface area contributed by atoms with Crippen LogP contribution in [0.3, 0.4) is 0 Å². The van der Waals surface area contributed by atoms with E-state index < -0.39 is 0 Å². The van der Waals surface area contributed by atoms with Crippen LogP contribution in [0.5, 0.6) is 0 Å². The summed E-state index contributed by atoms with van der Waals surface area (Å²) in [5.74, 6) is -0.155. The summed E-state index contributed by atoms with van der Waals surface area (Å²) in [5.41, 5.74) is 2.73. The van der Waals surface area contributed by atoms with Crippen molar-refractivity contribution in [2.75, 3.05) is 32.5 Å². The minimum absolute atomic E-state index is 0.0767. The molecule has 1 aliphatic carbocycles. The van der Waals surface area contributed by atoms with Gasteiger partial charge in [0.05, 0.1) is 5.56 Å². The van der Waals surface area contributed by atoms with Crippen LogP contribution < -0.4 is 5.32 Å². The fourth-order valence-corrected chi connectivity index (χ4v) is 2.91. The Morgan fingerprint density at radius 3 is 2.22 bits per heavy atom. The SMILES string of the molecule is CN(C)CCCNc1cccc2c1C(=O)c1ccccc1C2=O. The highest BCUT2D eigenvalue weighted by Gasteiger charge is 2.31. The van der Waals surface area contributed by atoms with Crippen molar-refractivity contribution in [1.82, 2.24) is 4.90 Å². The maximum Gasteiger partial charge on any atom is 0.196 e. The smallest absolute Gasteiger partial charge is 0.196 e. The lowest BCUT2D eigenvalue weighted by Gasteiger charge is -2.21. The predicted molar refractivity (Wildman–Crippen MR) is 91.4 cm³/mol. The number of benzene rings is 2. The number of rotatable bonds is 5. The fraction of sp³-hybridized carbons (Fsp3) is 0.263. The zero-order chi connectivity index (χ0) is 16.4. The molecule has 0 saturated carbocycles. The molecule has 0 heterocycles. The Morgan fingerprint density at radius 1 is 0.870 bits per heavy atom. The zero-order valence-electron chi connectivity index (χ0n) is 13.4. The summed E-state index contributed by atoms with van der Waals surface area (Å²) in [6.45, 7) is 1.73. The van der Waals surface area contributed by atoms with Gasteiger partial charge in [0, 0.05) is 28.9 Å². The molecule has 0 bridgehead atoms. The molecule has 1 aliphatic rings. The number of nitrogens with zero attached hydrogens (tertiary/aromatic N) is 1. The average molecular weight is 308 g/mol. The van der Waals surface area contributed by atoms with Crippen LogP contribution in [0.4, 0.5) is 5.69 Å². The van der Waals surface area contributed by atoms with Gasteiger partial charge in [-0.05, 0) is 33.1 Å². The predicted octanol–water partition coefficient (Wildman–Crippen LogP) is 2.83. The Balaban J connectivity index is 1.91. The maximum absolute atomic E-state index is 12.8. The molecule has 2 aromatic rings. The standard InChI is InChI=1S/C19H20N2O2/c1-21(2)12-6-11-20-16-10-5-9-15-17(16)19(23)14-8-4-3-7-13(14)18(15)22/h3-5,7-10,20H,6,11-12H2,1-2H3. The van der Waals surface area contributed by atoms with E-state index in [1.54, 1.807) is 30.3 Å². The molecule has 0 saturated heterocycles. The highest BCUT2D eigenvalue weighted by molar-refractivity contribution is 6.30. The van der Waals surface area contributed by atoms with E-state index >= 15 is 0 Å². The molecule has 0 radical (unpaired) electrons. The van der Waals surface area contributed by atoms with Gasteiger partial charge in [0.1, 0.15) is 0 Å². The first-order chi connectivity index (χ1) is 11.1. The van der Waals surface area contributed by atoms with Gasteiger partial charge < -0.3 is 10.2 Å². The average Bonchev–Trinajstić information content (AvgIpc) is 2.56. The van der Waals surface area contributed by atoms with E-state index in [0.29, 0.717) is 22.3 Å². The summed E-state index contributed by atoms with van der Waals surface area (Å²) in [4.78, 5) is 27.6. The Bertz CT molecular complexity index is 766. The van der Waals surface area contributed by atoms with Crippen molar-refractivity contribution in [3.05, 3.63) is 64.7 Å². The van der Waals surface area contributed by atoms with Crippen LogP contribution in [0.1, 0.15) is 38.3 Å². The molecule has 0 amide bonds. The number of fused-ring (bicyclic) bond motifs is 2. The van der Waals surface area contributed by atoms with Crippen LogP contribution in [0, 0.1) is 0 Å². The second kappa shape index (κ2) is 6.34. The summed E-state index contributed by atoms with van der Waals surface area (Å²) >= 11 is 0. The normalized spacial score (nSPS) is 13.0. The fourth-order valence-electron chi connectivity index (χ4n) is 2.91. The van der Waals surface area contributed by atoms with Crippen LogP contribution in [0.25, 0.3) is 0 Å². The van der Waals surface area contributed by atoms with E-state index in [0.717, 1.165) is 25.2 Å². The molecule has 23 heavy (non-hydrogen) atoms. The molecule has 1 N–H and O–H groups in total. The van der Waals surface area contributed by atoms with Gasteiger partial charge in [0.25, 0.3) is 0 Å². The Labute approximate surface area is 136 Å². The number of carbonyl (C=O) groups excluding carboxylic acids is 2. The molecule has 0 fully saturated rings. The third kappa shape index (κ3) is 2.90. The number of hydrogen-bond acceptors (Lipinski definition) is 4. The van der Waals surface area contributed by atoms with Gasteiger partial charge in [0.2, 0.25) is 0 Å². The van der Waals surface area contributed by atoms with E-state index in [2.05, 4.69) is 10.2 Å². The van der Waals surface area contributed by atoms with Crippen molar-refractivity contribution in [2.24, 2.45) is 0 Å². The summed E-state index contributed by atoms with van der Waals surface area (Å²) in [6.07, 6.45) is 0.968. The second-order valence-corrected chi connectivity index (χ2v) is 6.02. The van der Waals surface area contributed by atoms with E-state index in [1.807, 2.05) is 26.2 Å². The lowest BCUT2D eigenvalue weighted by atomic mass is 9.83. The minimum atomic E-state index is -0.0779. The topological polar surface area (TPSA) is 49.4 Å². The first kappa shape index (κ1) is 15.4. The van der Waals surface area contributed by atoms with Gasteiger partial charge in [-0.3, -0.25) is 9.59 Å². The Morgan fingerprint density at radius 2 is 1.52 bits per heavy atom. The molecule has 0 atom stereocenters. The quantitative estimate of drug-likeness (QED) is 0.736. The second-order valence-electron chi connectivity index (χ2n) is 6.02. The van der Waals surface area contributed by atoms with Gasteiger partial charge in [-0.25, -0.2) is 0 Å². The molecule has 0 spiro atoms. The highest BCUT2D eigenvalue weighted by atomic mass is 16.1. The largest absolute Gasteiger partial charge is 0.384 e. The Kier molecular flexibility index (Phi) is 4.26. The van der Waals surface area contributed by atoms with Crippen molar-refractivity contribution in [3.63, 3.8) is 0 Å². The molecule has 0 aromatic heterocycles. The third-order valence-corrected chi connectivity index (χ3v) is 4.05. The van der Waals surface area contributed by atoms with Crippen LogP contribution >= 0.6 is 0 Å². The van der Waals surface area contributed by atoms with Crippen LogP contribution in [-0.4, -0.2) is 43.7 Å². The maximum atomic E-state index is 12.8. The first-order valence-electron chi connectivity index (χ1n) is 7.79. The monoisotopic (exact) mass is 308 g/mol. The van der Waals surface area contributed by atoms with Crippen LogP contribution in [0.15, 0.2) is 42.5 Å². The van der Waals surface area contributed by atoms with E-state index in [-0.39, 0.29) is 11.6 Å². The number of anilines is 1. The van der Waals surface area contributed by atoms with Gasteiger partial charge in [-0.2, -0.15) is 0 Å². The van der Waals surface area contributed by atoms with Gasteiger partial charge >= 0.3 is 0 Å². The molecule has 0 unspecified atom stereocenters. The van der Waals surface area contributed by atoms with E-state index in [9.17, 15) is 9.59 Å². The Hall–Kier alpha value is -2.46. The van der Waals surface area contributed by atoms with E-state index in [1.165, 1.54) is 0 Å². The molecule has 2 aromatic carbocycles. The van der Waals surface area contributed by atoms with Crippen LogP contribution in [0.2, 0.25) is 0 Å². The number of carbonyl (C=O) groups is 2. The van der Waals surface area contributed by atoms with Gasteiger partial charge in [0.15, 0.2) is 11.6 Å². The van der Waals surface area contributed by atoms with Gasteiger partial charge in [-0.1, -0.05) is 36.4 Å². The lowest BCUT2D eigenvalue weighted by molar-refractivity contribution is 0.0979. The molecule has 4 nitrogen and oxygen atoms in total. The van der Waals surface area contributed by atoms with Gasteiger partial charge in [-0.15, -0.1) is 0 Å². The van der Waals surface area contributed by atoms with E-state index in [4.69, 9.17) is 0 Å². The van der Waals surface area contributed by atoms with Crippen molar-refractivity contribution in [2.45, 2.75) is 6.42 Å². The molecule has 4 heteroatoms. The summed E-state index contributed by atoms with van der Waals surface area (Å²) in [7, 11) is 4.06. The van der Waals surface area contributed by atoms with Crippen molar-refractivity contribution in [1.29, 1.82) is 0 Å². The molecule has 118 valence electrons.